The Hall–Kier alpha value is -2.07. The van der Waals surface area contributed by atoms with Crippen molar-refractivity contribution in [1.82, 2.24) is 4.90 Å². The minimum absolute atomic E-state index is 0.00487. The average molecular weight is 347 g/mol. The van der Waals surface area contributed by atoms with Crippen LogP contribution in [0.2, 0.25) is 0 Å². The molecule has 0 saturated carbocycles. The third-order valence-corrected chi connectivity index (χ3v) is 5.00. The van der Waals surface area contributed by atoms with Crippen molar-refractivity contribution in [2.24, 2.45) is 0 Å². The van der Waals surface area contributed by atoms with E-state index in [0.29, 0.717) is 13.0 Å². The Balaban J connectivity index is 2.08. The molecule has 0 unspecified atom stereocenters. The first-order chi connectivity index (χ1) is 11.4. The van der Waals surface area contributed by atoms with Crippen LogP contribution in [0.3, 0.4) is 0 Å². The summed E-state index contributed by atoms with van der Waals surface area (Å²) in [6.07, 6.45) is 7.44. The van der Waals surface area contributed by atoms with Crippen molar-refractivity contribution >= 4 is 10.1 Å². The molecule has 1 aromatic heterocycles. The second-order valence-corrected chi connectivity index (χ2v) is 7.22. The lowest BCUT2D eigenvalue weighted by Crippen LogP contribution is -2.38. The molecule has 0 radical (unpaired) electrons. The molecule has 0 aliphatic rings. The minimum atomic E-state index is -3.81. The van der Waals surface area contributed by atoms with Crippen molar-refractivity contribution in [2.75, 3.05) is 20.2 Å². The highest BCUT2D eigenvalue weighted by molar-refractivity contribution is 7.86. The molecule has 24 heavy (non-hydrogen) atoms. The maximum Gasteiger partial charge on any atom is 0.297 e. The monoisotopic (exact) mass is 347 g/mol. The van der Waals surface area contributed by atoms with Crippen LogP contribution in [0.1, 0.15) is 11.3 Å². The third-order valence-electron chi connectivity index (χ3n) is 3.71. The SMILES string of the molecule is C#CCN(C)[C@@H](COS(=O)(=O)c1ccc(C)cc1)Cc1ccco1. The highest BCUT2D eigenvalue weighted by Gasteiger charge is 2.22. The van der Waals surface area contributed by atoms with Crippen molar-refractivity contribution < 1.29 is 17.0 Å². The molecule has 128 valence electrons. The molecule has 1 heterocycles. The molecule has 2 aromatic rings. The highest BCUT2D eigenvalue weighted by atomic mass is 32.2. The van der Waals surface area contributed by atoms with Crippen LogP contribution < -0.4 is 0 Å². The van der Waals surface area contributed by atoms with Crippen LogP contribution >= 0.6 is 0 Å². The van der Waals surface area contributed by atoms with Gasteiger partial charge < -0.3 is 4.42 Å². The van der Waals surface area contributed by atoms with E-state index in [4.69, 9.17) is 15.0 Å². The molecule has 2 rings (SSSR count). The highest BCUT2D eigenvalue weighted by Crippen LogP contribution is 2.16. The first-order valence-electron chi connectivity index (χ1n) is 7.54. The predicted molar refractivity (Wildman–Crippen MR) is 92.0 cm³/mol. The Morgan fingerprint density at radius 2 is 2.00 bits per heavy atom. The van der Waals surface area contributed by atoms with Crippen LogP contribution in [-0.2, 0) is 20.7 Å². The first-order valence-corrected chi connectivity index (χ1v) is 8.95. The maximum absolute atomic E-state index is 12.3. The smallest absolute Gasteiger partial charge is 0.297 e. The van der Waals surface area contributed by atoms with E-state index >= 15 is 0 Å². The predicted octanol–water partition coefficient (Wildman–Crippen LogP) is 2.47. The number of rotatable bonds is 8. The summed E-state index contributed by atoms with van der Waals surface area (Å²) >= 11 is 0. The zero-order chi connectivity index (χ0) is 17.6. The summed E-state index contributed by atoms with van der Waals surface area (Å²) in [4.78, 5) is 2.01. The average Bonchev–Trinajstić information content (AvgIpc) is 3.05. The van der Waals surface area contributed by atoms with Gasteiger partial charge in [0.15, 0.2) is 0 Å². The maximum atomic E-state index is 12.3. The van der Waals surface area contributed by atoms with E-state index in [9.17, 15) is 8.42 Å². The number of likely N-dealkylation sites (N-methyl/N-ethyl adjacent to an activating group) is 1. The molecular weight excluding hydrogens is 326 g/mol. The van der Waals surface area contributed by atoms with Crippen LogP contribution in [0.15, 0.2) is 52.0 Å². The van der Waals surface area contributed by atoms with E-state index < -0.39 is 10.1 Å². The van der Waals surface area contributed by atoms with Crippen molar-refractivity contribution in [3.63, 3.8) is 0 Å². The summed E-state index contributed by atoms with van der Waals surface area (Å²) in [6.45, 7) is 2.28. The van der Waals surface area contributed by atoms with Gasteiger partial charge in [-0.25, -0.2) is 0 Å². The molecule has 0 amide bonds. The van der Waals surface area contributed by atoms with Crippen LogP contribution in [0.25, 0.3) is 0 Å². The molecular formula is C18H21NO4S. The van der Waals surface area contributed by atoms with Gasteiger partial charge in [-0.05, 0) is 38.2 Å². The van der Waals surface area contributed by atoms with E-state index in [1.165, 1.54) is 12.1 Å². The van der Waals surface area contributed by atoms with Crippen LogP contribution in [0, 0.1) is 19.3 Å². The summed E-state index contributed by atoms with van der Waals surface area (Å²) < 4.78 is 35.2. The summed E-state index contributed by atoms with van der Waals surface area (Å²) in [7, 11) is -1.98. The van der Waals surface area contributed by atoms with E-state index in [-0.39, 0.29) is 17.5 Å². The fourth-order valence-corrected chi connectivity index (χ4v) is 3.16. The quantitative estimate of drug-likeness (QED) is 0.542. The summed E-state index contributed by atoms with van der Waals surface area (Å²) in [6, 6.07) is 9.96. The van der Waals surface area contributed by atoms with Crippen LogP contribution in [-0.4, -0.2) is 39.6 Å². The van der Waals surface area contributed by atoms with Crippen molar-refractivity contribution in [3.05, 3.63) is 54.0 Å². The van der Waals surface area contributed by atoms with Gasteiger partial charge in [-0.2, -0.15) is 8.42 Å². The van der Waals surface area contributed by atoms with Gasteiger partial charge >= 0.3 is 0 Å². The molecule has 0 aliphatic heterocycles. The molecule has 0 fully saturated rings. The second kappa shape index (κ2) is 8.15. The van der Waals surface area contributed by atoms with Gasteiger partial charge in [0.2, 0.25) is 0 Å². The Labute approximate surface area is 143 Å². The van der Waals surface area contributed by atoms with Crippen molar-refractivity contribution in [2.45, 2.75) is 24.3 Å². The van der Waals surface area contributed by atoms with Crippen molar-refractivity contribution in [3.8, 4) is 12.3 Å². The Kier molecular flexibility index (Phi) is 6.21. The Morgan fingerprint density at radius 1 is 1.29 bits per heavy atom. The molecule has 1 aromatic carbocycles. The zero-order valence-corrected chi connectivity index (χ0v) is 14.6. The summed E-state index contributed by atoms with van der Waals surface area (Å²) in [5.74, 6) is 3.30. The summed E-state index contributed by atoms with van der Waals surface area (Å²) in [5.41, 5.74) is 0.985. The minimum Gasteiger partial charge on any atom is -0.469 e. The van der Waals surface area contributed by atoms with Gasteiger partial charge in [0.25, 0.3) is 10.1 Å². The number of benzene rings is 1. The molecule has 0 spiro atoms. The molecule has 5 nitrogen and oxygen atoms in total. The van der Waals surface area contributed by atoms with Gasteiger partial charge in [0.05, 0.1) is 24.3 Å². The number of hydrogen-bond donors (Lipinski definition) is 0. The van der Waals surface area contributed by atoms with Gasteiger partial charge in [-0.3, -0.25) is 9.08 Å². The lowest BCUT2D eigenvalue weighted by atomic mass is 10.1. The van der Waals surface area contributed by atoms with Gasteiger partial charge in [0, 0.05) is 12.5 Å². The number of furan rings is 1. The fourth-order valence-electron chi connectivity index (χ4n) is 2.22. The molecule has 1 atom stereocenters. The molecule has 0 bridgehead atoms. The van der Waals surface area contributed by atoms with Crippen LogP contribution in [0.5, 0.6) is 0 Å². The third kappa shape index (κ3) is 4.96. The summed E-state index contributed by atoms with van der Waals surface area (Å²) in [5, 5.41) is 0. The zero-order valence-electron chi connectivity index (χ0n) is 13.8. The Morgan fingerprint density at radius 3 is 2.58 bits per heavy atom. The normalized spacial score (nSPS) is 12.9. The fraction of sp³-hybridized carbons (Fsp3) is 0.333. The van der Waals surface area contributed by atoms with E-state index in [2.05, 4.69) is 5.92 Å². The van der Waals surface area contributed by atoms with Gasteiger partial charge in [0.1, 0.15) is 5.76 Å². The largest absolute Gasteiger partial charge is 0.469 e. The van der Waals surface area contributed by atoms with E-state index in [1.807, 2.05) is 24.9 Å². The van der Waals surface area contributed by atoms with E-state index in [1.54, 1.807) is 24.5 Å². The molecule has 6 heteroatoms. The number of aryl methyl sites for hydroxylation is 1. The topological polar surface area (TPSA) is 59.8 Å². The lowest BCUT2D eigenvalue weighted by Gasteiger charge is -2.25. The Bertz CT molecular complexity index is 773. The number of nitrogens with zero attached hydrogens (tertiary/aromatic N) is 1. The molecule has 0 N–H and O–H groups in total. The molecule has 0 aliphatic carbocycles. The van der Waals surface area contributed by atoms with Gasteiger partial charge in [-0.15, -0.1) is 6.42 Å². The standard InChI is InChI=1S/C18H21NO4S/c1-4-11-19(3)16(13-17-6-5-12-22-17)14-23-24(20,21)18-9-7-15(2)8-10-18/h1,5-10,12,16H,11,13-14H2,2-3H3/t16-/m1/s1. The number of hydrogen-bond acceptors (Lipinski definition) is 5. The van der Waals surface area contributed by atoms with Crippen LogP contribution in [0.4, 0.5) is 0 Å². The van der Waals surface area contributed by atoms with E-state index in [0.717, 1.165) is 11.3 Å². The molecule has 0 saturated heterocycles. The lowest BCUT2D eigenvalue weighted by molar-refractivity contribution is 0.172. The second-order valence-electron chi connectivity index (χ2n) is 5.61. The first kappa shape index (κ1) is 18.3. The van der Waals surface area contributed by atoms with Gasteiger partial charge in [-0.1, -0.05) is 23.6 Å². The van der Waals surface area contributed by atoms with Crippen molar-refractivity contribution in [1.29, 1.82) is 0 Å². The number of terminal acetylenes is 1.